The molecule has 6 rings (SSSR count). The number of carbonyl (C=O) groups is 1. The highest BCUT2D eigenvalue weighted by Crippen LogP contribution is 2.38. The summed E-state index contributed by atoms with van der Waals surface area (Å²) in [6.07, 6.45) is 2.18. The summed E-state index contributed by atoms with van der Waals surface area (Å²) < 4.78 is 26.2. The van der Waals surface area contributed by atoms with E-state index in [2.05, 4.69) is 21.3 Å². The third-order valence-electron chi connectivity index (χ3n) is 7.79. The second kappa shape index (κ2) is 8.87. The second-order valence-electron chi connectivity index (χ2n) is 10.4. The molecule has 1 amide bonds. The van der Waals surface area contributed by atoms with Crippen molar-refractivity contribution >= 4 is 39.0 Å². The number of nitrogens with one attached hydrogen (secondary N) is 1. The maximum absolute atomic E-state index is 14.0. The predicted molar refractivity (Wildman–Crippen MR) is 140 cm³/mol. The fourth-order valence-electron chi connectivity index (χ4n) is 5.52. The van der Waals surface area contributed by atoms with Crippen molar-refractivity contribution in [1.29, 1.82) is 0 Å². The number of amides is 1. The number of rotatable bonds is 3. The number of nitrogens with two attached hydrogens (primary N) is 2. The van der Waals surface area contributed by atoms with Crippen LogP contribution >= 0.6 is 11.3 Å². The van der Waals surface area contributed by atoms with Crippen LogP contribution in [0.4, 0.5) is 15.9 Å². The molecule has 5 heterocycles. The Morgan fingerprint density at radius 2 is 2.03 bits per heavy atom. The molecule has 2 fully saturated rings. The molecule has 4 unspecified atom stereocenters. The maximum Gasteiger partial charge on any atom is 0.263 e. The van der Waals surface area contributed by atoms with Gasteiger partial charge in [-0.25, -0.2) is 14.4 Å². The number of aromatic nitrogens is 2. The van der Waals surface area contributed by atoms with E-state index in [1.54, 1.807) is 6.92 Å². The Morgan fingerprint density at radius 1 is 1.27 bits per heavy atom. The molecule has 3 aromatic heterocycles. The molecule has 3 aliphatic rings. The lowest BCUT2D eigenvalue weighted by atomic mass is 9.91. The quantitative estimate of drug-likeness (QED) is 0.475. The number of thiophene rings is 1. The van der Waals surface area contributed by atoms with Crippen molar-refractivity contribution in [2.24, 2.45) is 5.73 Å². The first kappa shape index (κ1) is 24.5. The third kappa shape index (κ3) is 4.14. The fraction of sp³-hybridized carbons (Fsp3) is 0.500. The minimum Gasteiger partial charge on any atom is -0.397 e. The van der Waals surface area contributed by atoms with E-state index in [4.69, 9.17) is 25.9 Å². The van der Waals surface area contributed by atoms with Crippen LogP contribution < -0.4 is 21.7 Å². The van der Waals surface area contributed by atoms with Crippen molar-refractivity contribution in [2.75, 3.05) is 23.7 Å². The van der Waals surface area contributed by atoms with Crippen LogP contribution in [0.3, 0.4) is 0 Å². The SMILES string of the molecule is Cc1nc2sc(C(=O)NC3CCc4nc(N5CC(N)C6(C5)OC(C)C(C)O6)ccc4C3)c(N)c2cc1F. The van der Waals surface area contributed by atoms with Crippen LogP contribution in [0.2, 0.25) is 0 Å². The molecule has 5 N–H and O–H groups in total. The van der Waals surface area contributed by atoms with E-state index in [0.717, 1.165) is 29.9 Å². The molecule has 0 saturated carbocycles. The summed E-state index contributed by atoms with van der Waals surface area (Å²) >= 11 is 1.19. The molecule has 4 atom stereocenters. The van der Waals surface area contributed by atoms with Crippen LogP contribution in [0.1, 0.15) is 46.9 Å². The number of anilines is 2. The number of hydrogen-bond acceptors (Lipinski definition) is 9. The van der Waals surface area contributed by atoms with E-state index in [0.29, 0.717) is 34.6 Å². The molecule has 0 aromatic carbocycles. The second-order valence-corrected chi connectivity index (χ2v) is 11.4. The number of hydrogen-bond donors (Lipinski definition) is 3. The highest BCUT2D eigenvalue weighted by Gasteiger charge is 2.54. The van der Waals surface area contributed by atoms with Crippen LogP contribution in [0.5, 0.6) is 0 Å². The third-order valence-corrected chi connectivity index (χ3v) is 8.90. The van der Waals surface area contributed by atoms with Gasteiger partial charge in [0.15, 0.2) is 0 Å². The fourth-order valence-corrected chi connectivity index (χ4v) is 6.55. The molecule has 2 saturated heterocycles. The Balaban J connectivity index is 1.14. The summed E-state index contributed by atoms with van der Waals surface area (Å²) in [4.78, 5) is 25.3. The van der Waals surface area contributed by atoms with Crippen molar-refractivity contribution in [1.82, 2.24) is 15.3 Å². The number of halogens is 1. The molecule has 0 radical (unpaired) electrons. The van der Waals surface area contributed by atoms with Gasteiger partial charge in [-0.05, 0) is 57.7 Å². The molecule has 11 heteroatoms. The molecule has 3 aromatic rings. The summed E-state index contributed by atoms with van der Waals surface area (Å²) in [5.74, 6) is -0.618. The lowest BCUT2D eigenvalue weighted by Gasteiger charge is -2.27. The van der Waals surface area contributed by atoms with Crippen LogP contribution in [-0.4, -0.2) is 59.0 Å². The average molecular weight is 527 g/mol. The minimum absolute atomic E-state index is 0.000838. The van der Waals surface area contributed by atoms with E-state index >= 15 is 0 Å². The van der Waals surface area contributed by atoms with Gasteiger partial charge in [-0.1, -0.05) is 6.07 Å². The Morgan fingerprint density at radius 3 is 2.78 bits per heavy atom. The highest BCUT2D eigenvalue weighted by molar-refractivity contribution is 7.21. The predicted octanol–water partition coefficient (Wildman–Crippen LogP) is 2.68. The Labute approximate surface area is 218 Å². The first-order valence-corrected chi connectivity index (χ1v) is 13.5. The average Bonchev–Trinajstić information content (AvgIpc) is 3.46. The highest BCUT2D eigenvalue weighted by atomic mass is 32.1. The van der Waals surface area contributed by atoms with Gasteiger partial charge in [0.2, 0.25) is 5.79 Å². The summed E-state index contributed by atoms with van der Waals surface area (Å²) in [7, 11) is 0. The zero-order chi connectivity index (χ0) is 26.1. The number of fused-ring (bicyclic) bond motifs is 2. The normalized spacial score (nSPS) is 29.3. The smallest absolute Gasteiger partial charge is 0.263 e. The molecular weight excluding hydrogens is 495 g/mol. The molecule has 196 valence electrons. The minimum atomic E-state index is -0.791. The van der Waals surface area contributed by atoms with E-state index in [1.165, 1.54) is 17.4 Å². The van der Waals surface area contributed by atoms with Gasteiger partial charge in [-0.3, -0.25) is 4.79 Å². The van der Waals surface area contributed by atoms with E-state index in [1.807, 2.05) is 19.9 Å². The molecule has 1 aliphatic carbocycles. The van der Waals surface area contributed by atoms with Gasteiger partial charge < -0.3 is 31.2 Å². The first-order chi connectivity index (χ1) is 17.6. The van der Waals surface area contributed by atoms with Gasteiger partial charge in [0, 0.05) is 23.7 Å². The summed E-state index contributed by atoms with van der Waals surface area (Å²) in [6, 6.07) is 5.13. The van der Waals surface area contributed by atoms with Crippen LogP contribution in [0.25, 0.3) is 10.2 Å². The Bertz CT molecular complexity index is 1390. The molecule has 0 bridgehead atoms. The van der Waals surface area contributed by atoms with E-state index in [9.17, 15) is 9.18 Å². The standard InChI is InChI=1S/C26H31FN6O3S/c1-12-18(27)9-17-22(29)23(37-25(17)30-12)24(34)31-16-5-6-19-15(8-16)4-7-21(32-19)33-10-20(28)26(11-33)35-13(2)14(3)36-26/h4,7,9,13-14,16,20H,5-6,8,10-11,28-29H2,1-3H3,(H,31,34). The topological polar surface area (TPSA) is 129 Å². The van der Waals surface area contributed by atoms with Crippen molar-refractivity contribution in [3.05, 3.63) is 45.8 Å². The van der Waals surface area contributed by atoms with Gasteiger partial charge in [-0.15, -0.1) is 11.3 Å². The van der Waals surface area contributed by atoms with Crippen molar-refractivity contribution in [3.8, 4) is 0 Å². The molecule has 9 nitrogen and oxygen atoms in total. The number of ether oxygens (including phenoxy) is 2. The summed E-state index contributed by atoms with van der Waals surface area (Å²) in [5.41, 5.74) is 15.3. The number of pyridine rings is 2. The lowest BCUT2D eigenvalue weighted by Crippen LogP contribution is -2.48. The molecule has 2 aliphatic heterocycles. The van der Waals surface area contributed by atoms with E-state index in [-0.39, 0.29) is 41.6 Å². The summed E-state index contributed by atoms with van der Waals surface area (Å²) in [5, 5.41) is 3.58. The van der Waals surface area contributed by atoms with Gasteiger partial charge in [0.05, 0.1) is 36.2 Å². The van der Waals surface area contributed by atoms with Crippen LogP contribution in [0, 0.1) is 12.7 Å². The maximum atomic E-state index is 14.0. The van der Waals surface area contributed by atoms with E-state index < -0.39 is 11.6 Å². The molecule has 1 spiro atoms. The van der Waals surface area contributed by atoms with Crippen LogP contribution in [-0.2, 0) is 22.3 Å². The van der Waals surface area contributed by atoms with Crippen molar-refractivity contribution < 1.29 is 18.7 Å². The monoisotopic (exact) mass is 526 g/mol. The lowest BCUT2D eigenvalue weighted by molar-refractivity contribution is -0.164. The number of carbonyl (C=O) groups excluding carboxylic acids is 1. The van der Waals surface area contributed by atoms with Crippen LogP contribution in [0.15, 0.2) is 18.2 Å². The first-order valence-electron chi connectivity index (χ1n) is 12.6. The van der Waals surface area contributed by atoms with Crippen molar-refractivity contribution in [2.45, 2.75) is 70.1 Å². The largest absolute Gasteiger partial charge is 0.397 e. The number of nitrogens with zero attached hydrogens (tertiary/aromatic N) is 3. The number of aryl methyl sites for hydroxylation is 2. The van der Waals surface area contributed by atoms with Gasteiger partial charge in [-0.2, -0.15) is 0 Å². The zero-order valence-corrected chi connectivity index (χ0v) is 21.9. The van der Waals surface area contributed by atoms with Gasteiger partial charge in [0.1, 0.15) is 21.3 Å². The Hall–Kier alpha value is -2.86. The van der Waals surface area contributed by atoms with Gasteiger partial charge >= 0.3 is 0 Å². The summed E-state index contributed by atoms with van der Waals surface area (Å²) in [6.45, 7) is 6.76. The Kier molecular flexibility index (Phi) is 5.86. The zero-order valence-electron chi connectivity index (χ0n) is 21.1. The molecular formula is C26H31FN6O3S. The molecule has 37 heavy (non-hydrogen) atoms. The number of nitrogen functional groups attached to an aromatic ring is 1. The van der Waals surface area contributed by atoms with Crippen molar-refractivity contribution in [3.63, 3.8) is 0 Å². The van der Waals surface area contributed by atoms with Gasteiger partial charge in [0.25, 0.3) is 5.91 Å².